The van der Waals surface area contributed by atoms with Crippen LogP contribution in [0.1, 0.15) is 20.2 Å². The molecule has 0 unspecified atom stereocenters. The Hall–Kier alpha value is -2.03. The van der Waals surface area contributed by atoms with E-state index in [0.29, 0.717) is 19.6 Å². The second-order valence-corrected chi connectivity index (χ2v) is 8.28. The van der Waals surface area contributed by atoms with Gasteiger partial charge in [-0.15, -0.1) is 22.7 Å². The lowest BCUT2D eigenvalue weighted by atomic mass is 10.2. The number of hydrogen-bond acceptors (Lipinski definition) is 6. The van der Waals surface area contributed by atoms with Gasteiger partial charge in [-0.25, -0.2) is 4.98 Å². The highest BCUT2D eigenvalue weighted by Crippen LogP contribution is 2.18. The summed E-state index contributed by atoms with van der Waals surface area (Å²) in [6, 6.07) is 5.49. The number of fused-ring (bicyclic) bond motifs is 1. The summed E-state index contributed by atoms with van der Waals surface area (Å²) in [6.07, 6.45) is 1.75. The fraction of sp³-hybridized carbons (Fsp3) is 0.353. The topological polar surface area (TPSA) is 57.9 Å². The van der Waals surface area contributed by atoms with Gasteiger partial charge in [-0.1, -0.05) is 0 Å². The van der Waals surface area contributed by atoms with Crippen LogP contribution in [0.3, 0.4) is 0 Å². The molecule has 0 N–H and O–H groups in total. The van der Waals surface area contributed by atoms with Crippen molar-refractivity contribution >= 4 is 33.5 Å². The average molecular weight is 374 g/mol. The summed E-state index contributed by atoms with van der Waals surface area (Å²) in [4.78, 5) is 36.0. The van der Waals surface area contributed by atoms with E-state index in [1.807, 2.05) is 29.3 Å². The summed E-state index contributed by atoms with van der Waals surface area (Å²) in [5.74, 6) is 0.120. The molecule has 0 saturated carbocycles. The van der Waals surface area contributed by atoms with Crippen molar-refractivity contribution in [2.75, 3.05) is 26.2 Å². The maximum Gasteiger partial charge on any atom is 0.264 e. The minimum absolute atomic E-state index is 0.0388. The lowest BCUT2D eigenvalue weighted by Gasteiger charge is -2.34. The fourth-order valence-corrected chi connectivity index (χ4v) is 4.59. The molecule has 130 valence electrons. The van der Waals surface area contributed by atoms with E-state index in [1.165, 1.54) is 11.3 Å². The van der Waals surface area contributed by atoms with E-state index in [9.17, 15) is 9.59 Å². The molecule has 4 rings (SSSR count). The summed E-state index contributed by atoms with van der Waals surface area (Å²) in [7, 11) is 0. The van der Waals surface area contributed by atoms with E-state index in [-0.39, 0.29) is 11.5 Å². The van der Waals surface area contributed by atoms with Gasteiger partial charge in [0.1, 0.15) is 0 Å². The van der Waals surface area contributed by atoms with Crippen LogP contribution >= 0.6 is 22.7 Å². The number of thiazole rings is 1. The lowest BCUT2D eigenvalue weighted by molar-refractivity contribution is 0.0632. The third-order valence-corrected chi connectivity index (χ3v) is 6.10. The molecule has 25 heavy (non-hydrogen) atoms. The van der Waals surface area contributed by atoms with Crippen LogP contribution < -0.4 is 5.56 Å². The van der Waals surface area contributed by atoms with Crippen molar-refractivity contribution < 1.29 is 4.79 Å². The van der Waals surface area contributed by atoms with Gasteiger partial charge in [-0.3, -0.25) is 18.9 Å². The third-order valence-electron chi connectivity index (χ3n) is 4.35. The SMILES string of the molecule is Cc1ccc(C(=O)N2CCN(Cc3cc(=O)n4ccsc4n3)CC2)s1. The van der Waals surface area contributed by atoms with Crippen LogP contribution in [0.15, 0.2) is 34.6 Å². The Labute approximate surface area is 153 Å². The Bertz CT molecular complexity index is 966. The minimum Gasteiger partial charge on any atom is -0.335 e. The second kappa shape index (κ2) is 6.70. The maximum atomic E-state index is 12.5. The van der Waals surface area contributed by atoms with Crippen LogP contribution in [0, 0.1) is 6.92 Å². The average Bonchev–Trinajstić information content (AvgIpc) is 3.24. The molecular weight excluding hydrogens is 356 g/mol. The molecule has 1 amide bonds. The van der Waals surface area contributed by atoms with E-state index in [1.54, 1.807) is 28.0 Å². The van der Waals surface area contributed by atoms with Crippen molar-refractivity contribution in [2.45, 2.75) is 13.5 Å². The molecule has 1 aliphatic rings. The number of aryl methyl sites for hydroxylation is 1. The Kier molecular flexibility index (Phi) is 4.41. The number of carbonyl (C=O) groups is 1. The van der Waals surface area contributed by atoms with Gasteiger partial charge in [0.15, 0.2) is 4.96 Å². The van der Waals surface area contributed by atoms with Crippen LogP contribution in [-0.4, -0.2) is 51.3 Å². The highest BCUT2D eigenvalue weighted by Gasteiger charge is 2.23. The Morgan fingerprint density at radius 1 is 1.24 bits per heavy atom. The molecule has 0 atom stereocenters. The molecule has 0 bridgehead atoms. The van der Waals surface area contributed by atoms with Gasteiger partial charge < -0.3 is 4.90 Å². The third kappa shape index (κ3) is 3.37. The Balaban J connectivity index is 1.40. The number of carbonyl (C=O) groups excluding carboxylic acids is 1. The van der Waals surface area contributed by atoms with Crippen molar-refractivity contribution in [3.8, 4) is 0 Å². The highest BCUT2D eigenvalue weighted by atomic mass is 32.1. The molecule has 6 nitrogen and oxygen atoms in total. The predicted octanol–water partition coefficient (Wildman–Crippen LogP) is 2.08. The number of aromatic nitrogens is 2. The Morgan fingerprint density at radius 3 is 2.76 bits per heavy atom. The Morgan fingerprint density at radius 2 is 2.04 bits per heavy atom. The van der Waals surface area contributed by atoms with Crippen LogP contribution in [0.4, 0.5) is 0 Å². The van der Waals surface area contributed by atoms with Gasteiger partial charge >= 0.3 is 0 Å². The molecule has 1 aliphatic heterocycles. The van der Waals surface area contributed by atoms with Crippen molar-refractivity contribution in [1.29, 1.82) is 0 Å². The van der Waals surface area contributed by atoms with Crippen LogP contribution in [0.2, 0.25) is 0 Å². The quantitative estimate of drug-likeness (QED) is 0.704. The van der Waals surface area contributed by atoms with E-state index < -0.39 is 0 Å². The number of amides is 1. The van der Waals surface area contributed by atoms with Crippen LogP contribution in [0.25, 0.3) is 4.96 Å². The summed E-state index contributed by atoms with van der Waals surface area (Å²) < 4.78 is 1.56. The smallest absolute Gasteiger partial charge is 0.264 e. The monoisotopic (exact) mass is 374 g/mol. The molecule has 0 spiro atoms. The van der Waals surface area contributed by atoms with Crippen molar-refractivity contribution in [3.63, 3.8) is 0 Å². The number of hydrogen-bond donors (Lipinski definition) is 0. The normalized spacial score (nSPS) is 15.8. The van der Waals surface area contributed by atoms with E-state index in [2.05, 4.69) is 9.88 Å². The first-order valence-corrected chi connectivity index (χ1v) is 9.83. The van der Waals surface area contributed by atoms with E-state index >= 15 is 0 Å². The van der Waals surface area contributed by atoms with Crippen LogP contribution in [-0.2, 0) is 6.54 Å². The minimum atomic E-state index is -0.0388. The molecule has 8 heteroatoms. The number of piperazine rings is 1. The lowest BCUT2D eigenvalue weighted by Crippen LogP contribution is -2.48. The van der Waals surface area contributed by atoms with Gasteiger partial charge in [-0.2, -0.15) is 0 Å². The van der Waals surface area contributed by atoms with E-state index in [0.717, 1.165) is 33.5 Å². The zero-order chi connectivity index (χ0) is 17.4. The molecule has 1 saturated heterocycles. The first-order valence-electron chi connectivity index (χ1n) is 8.14. The molecule has 4 heterocycles. The second-order valence-electron chi connectivity index (χ2n) is 6.12. The number of nitrogens with zero attached hydrogens (tertiary/aromatic N) is 4. The summed E-state index contributed by atoms with van der Waals surface area (Å²) in [5, 5.41) is 1.87. The molecular formula is C17H18N4O2S2. The first kappa shape index (κ1) is 16.4. The molecule has 0 aliphatic carbocycles. The van der Waals surface area contributed by atoms with Gasteiger partial charge in [-0.05, 0) is 19.1 Å². The number of rotatable bonds is 3. The summed E-state index contributed by atoms with van der Waals surface area (Å²) in [6.45, 7) is 5.65. The van der Waals surface area contributed by atoms with Gasteiger partial charge in [0, 0.05) is 55.2 Å². The number of thiophene rings is 1. The maximum absolute atomic E-state index is 12.5. The first-order chi connectivity index (χ1) is 12.1. The standard InChI is InChI=1S/C17H18N4O2S2/c1-12-2-3-14(25-12)16(23)20-6-4-19(5-7-20)11-13-10-15(22)21-8-9-24-17(21)18-13/h2-3,8-10H,4-7,11H2,1H3. The molecule has 3 aromatic heterocycles. The van der Waals surface area contributed by atoms with Crippen molar-refractivity contribution in [3.05, 3.63) is 55.6 Å². The molecule has 1 fully saturated rings. The van der Waals surface area contributed by atoms with Gasteiger partial charge in [0.05, 0.1) is 10.6 Å². The van der Waals surface area contributed by atoms with Crippen LogP contribution in [0.5, 0.6) is 0 Å². The largest absolute Gasteiger partial charge is 0.335 e. The zero-order valence-electron chi connectivity index (χ0n) is 13.8. The summed E-state index contributed by atoms with van der Waals surface area (Å²) in [5.41, 5.74) is 0.754. The zero-order valence-corrected chi connectivity index (χ0v) is 15.5. The van der Waals surface area contributed by atoms with Gasteiger partial charge in [0.2, 0.25) is 0 Å². The highest BCUT2D eigenvalue weighted by molar-refractivity contribution is 7.15. The summed E-state index contributed by atoms with van der Waals surface area (Å²) >= 11 is 3.01. The molecule has 0 aromatic carbocycles. The van der Waals surface area contributed by atoms with Crippen molar-refractivity contribution in [2.24, 2.45) is 0 Å². The van der Waals surface area contributed by atoms with E-state index in [4.69, 9.17) is 0 Å². The fourth-order valence-electron chi connectivity index (χ4n) is 3.01. The molecule has 0 radical (unpaired) electrons. The van der Waals surface area contributed by atoms with Gasteiger partial charge in [0.25, 0.3) is 11.5 Å². The predicted molar refractivity (Wildman–Crippen MR) is 99.6 cm³/mol. The van der Waals surface area contributed by atoms with Crippen molar-refractivity contribution in [1.82, 2.24) is 19.2 Å². The molecule has 3 aromatic rings.